The van der Waals surface area contributed by atoms with Gasteiger partial charge in [0, 0.05) is 17.7 Å². The third-order valence-corrected chi connectivity index (χ3v) is 4.35. The number of H-pyrrole nitrogens is 1. The van der Waals surface area contributed by atoms with E-state index in [2.05, 4.69) is 44.5 Å². The molecule has 7 heteroatoms. The molecule has 0 spiro atoms. The third kappa shape index (κ3) is 3.56. The highest BCUT2D eigenvalue weighted by Gasteiger charge is 2.12. The normalized spacial score (nSPS) is 12.8. The predicted molar refractivity (Wildman–Crippen MR) is 113 cm³/mol. The molecule has 1 aliphatic rings. The monoisotopic (exact) mass is 400 g/mol. The molecule has 0 aliphatic carbocycles. The highest BCUT2D eigenvalue weighted by atomic mass is 35.5. The number of rotatable bonds is 3. The quantitative estimate of drug-likeness (QED) is 0.524. The number of furan rings is 1. The molecule has 5 nitrogen and oxygen atoms in total. The van der Waals surface area contributed by atoms with Gasteiger partial charge in [0.25, 0.3) is 0 Å². The van der Waals surface area contributed by atoms with E-state index in [0.717, 1.165) is 58.4 Å². The molecule has 0 saturated heterocycles. The van der Waals surface area contributed by atoms with Crippen molar-refractivity contribution < 1.29 is 4.42 Å². The van der Waals surface area contributed by atoms with E-state index >= 15 is 0 Å². The lowest BCUT2D eigenvalue weighted by Crippen LogP contribution is -2.19. The number of para-hydroxylation sites is 2. The molecule has 0 amide bonds. The maximum absolute atomic E-state index is 6.01. The lowest BCUT2D eigenvalue weighted by Gasteiger charge is -2.03. The summed E-state index contributed by atoms with van der Waals surface area (Å²) < 4.78 is 6.01. The van der Waals surface area contributed by atoms with Crippen molar-refractivity contribution in [2.45, 2.75) is 0 Å². The van der Waals surface area contributed by atoms with Gasteiger partial charge in [0.15, 0.2) is 11.6 Å². The maximum Gasteiger partial charge on any atom is 0.174 e. The van der Waals surface area contributed by atoms with Crippen LogP contribution in [0.1, 0.15) is 5.56 Å². The Morgan fingerprint density at radius 2 is 1.56 bits per heavy atom. The van der Waals surface area contributed by atoms with Gasteiger partial charge in [-0.2, -0.15) is 0 Å². The summed E-state index contributed by atoms with van der Waals surface area (Å²) in [5.41, 5.74) is 4.07. The molecule has 4 aromatic rings. The molecule has 2 aromatic heterocycles. The number of hydrogen-bond donors (Lipinski definition) is 2. The number of aliphatic imine (C=N–C) groups is 1. The number of fused-ring (bicyclic) bond motifs is 1. The highest BCUT2D eigenvalue weighted by Crippen LogP contribution is 2.28. The topological polar surface area (TPSA) is 66.2 Å². The van der Waals surface area contributed by atoms with Crippen molar-refractivity contribution in [2.75, 3.05) is 13.1 Å². The van der Waals surface area contributed by atoms with Crippen molar-refractivity contribution in [2.24, 2.45) is 4.99 Å². The van der Waals surface area contributed by atoms with Crippen molar-refractivity contribution in [3.8, 4) is 22.9 Å². The minimum atomic E-state index is 0. The first-order valence-corrected chi connectivity index (χ1v) is 8.31. The average Bonchev–Trinajstić information content (AvgIpc) is 3.41. The van der Waals surface area contributed by atoms with Crippen molar-refractivity contribution >= 4 is 41.7 Å². The van der Waals surface area contributed by atoms with Crippen LogP contribution in [0.5, 0.6) is 0 Å². The van der Waals surface area contributed by atoms with Crippen LogP contribution in [0.4, 0.5) is 0 Å². The van der Waals surface area contributed by atoms with Gasteiger partial charge in [-0.3, -0.25) is 4.99 Å². The molecule has 0 bridgehead atoms. The van der Waals surface area contributed by atoms with E-state index in [1.807, 2.05) is 36.4 Å². The third-order valence-electron chi connectivity index (χ3n) is 4.35. The maximum atomic E-state index is 6.01. The van der Waals surface area contributed by atoms with Gasteiger partial charge in [-0.05, 0) is 24.3 Å². The Hall–Kier alpha value is -2.76. The summed E-state index contributed by atoms with van der Waals surface area (Å²) in [6.07, 6.45) is 0. The first-order valence-electron chi connectivity index (χ1n) is 8.31. The molecule has 2 aromatic carbocycles. The molecule has 1 aliphatic heterocycles. The van der Waals surface area contributed by atoms with Crippen LogP contribution in [0.2, 0.25) is 0 Å². The summed E-state index contributed by atoms with van der Waals surface area (Å²) in [5, 5.41) is 3.28. The lowest BCUT2D eigenvalue weighted by atomic mass is 10.1. The summed E-state index contributed by atoms with van der Waals surface area (Å²) in [5.74, 6) is 3.27. The minimum Gasteiger partial charge on any atom is -0.453 e. The zero-order chi connectivity index (χ0) is 16.6. The van der Waals surface area contributed by atoms with Crippen LogP contribution >= 0.6 is 24.8 Å². The van der Waals surface area contributed by atoms with Gasteiger partial charge in [0.1, 0.15) is 11.6 Å². The second-order valence-electron chi connectivity index (χ2n) is 6.00. The Morgan fingerprint density at radius 3 is 2.30 bits per heavy atom. The van der Waals surface area contributed by atoms with Crippen LogP contribution in [-0.4, -0.2) is 28.9 Å². The smallest absolute Gasteiger partial charge is 0.174 e. The van der Waals surface area contributed by atoms with E-state index in [1.54, 1.807) is 0 Å². The second-order valence-corrected chi connectivity index (χ2v) is 6.00. The molecule has 5 rings (SSSR count). The van der Waals surface area contributed by atoms with Crippen molar-refractivity contribution in [1.29, 1.82) is 0 Å². The van der Waals surface area contributed by atoms with Crippen molar-refractivity contribution in [3.05, 3.63) is 66.2 Å². The number of hydrogen-bond acceptors (Lipinski definition) is 4. The number of amidine groups is 1. The number of aromatic nitrogens is 2. The van der Waals surface area contributed by atoms with E-state index in [0.29, 0.717) is 0 Å². The number of nitrogens with zero attached hydrogens (tertiary/aromatic N) is 2. The Bertz CT molecular complexity index is 1050. The van der Waals surface area contributed by atoms with Gasteiger partial charge in [-0.15, -0.1) is 24.8 Å². The number of imidazole rings is 1. The van der Waals surface area contributed by atoms with E-state index in [-0.39, 0.29) is 24.8 Å². The van der Waals surface area contributed by atoms with Gasteiger partial charge in [0.05, 0.1) is 17.6 Å². The van der Waals surface area contributed by atoms with Crippen LogP contribution < -0.4 is 5.32 Å². The van der Waals surface area contributed by atoms with Crippen molar-refractivity contribution in [3.63, 3.8) is 0 Å². The molecule has 0 atom stereocenters. The van der Waals surface area contributed by atoms with Crippen LogP contribution in [0.25, 0.3) is 33.9 Å². The summed E-state index contributed by atoms with van der Waals surface area (Å²) >= 11 is 0. The number of nitrogens with one attached hydrogen (secondary N) is 2. The molecule has 0 unspecified atom stereocenters. The van der Waals surface area contributed by atoms with Crippen molar-refractivity contribution in [1.82, 2.24) is 15.3 Å². The fourth-order valence-electron chi connectivity index (χ4n) is 3.07. The average molecular weight is 401 g/mol. The summed E-state index contributed by atoms with van der Waals surface area (Å²) in [6, 6.07) is 20.1. The zero-order valence-corrected chi connectivity index (χ0v) is 15.9. The van der Waals surface area contributed by atoms with Gasteiger partial charge < -0.3 is 14.7 Å². The molecular formula is C20H18Cl2N4O. The Kier molecular flexibility index (Phi) is 5.54. The summed E-state index contributed by atoms with van der Waals surface area (Å²) in [7, 11) is 0. The number of benzene rings is 2. The number of aromatic amines is 1. The molecular weight excluding hydrogens is 383 g/mol. The first-order chi connectivity index (χ1) is 12.4. The van der Waals surface area contributed by atoms with Gasteiger partial charge in [-0.1, -0.05) is 36.4 Å². The van der Waals surface area contributed by atoms with E-state index in [4.69, 9.17) is 4.42 Å². The fourth-order valence-corrected chi connectivity index (χ4v) is 3.07. The largest absolute Gasteiger partial charge is 0.453 e. The van der Waals surface area contributed by atoms with E-state index in [9.17, 15) is 0 Å². The van der Waals surface area contributed by atoms with Gasteiger partial charge in [0.2, 0.25) is 0 Å². The highest BCUT2D eigenvalue weighted by molar-refractivity contribution is 6.00. The molecule has 0 radical (unpaired) electrons. The van der Waals surface area contributed by atoms with Gasteiger partial charge >= 0.3 is 0 Å². The SMILES string of the molecule is Cl.Cl.c1ccc2[nH]c(-c3ccc(-c4ccc(C5=NCCN5)cc4)o3)nc2c1. The Labute approximate surface area is 168 Å². The standard InChI is InChI=1S/C20H16N4O.2ClH/c1-2-4-16-15(3-1)23-20(24-16)18-10-9-17(25-18)13-5-7-14(8-6-13)19-21-11-12-22-19;;/h1-10H,11-12H2,(H,21,22)(H,23,24);2*1H. The first kappa shape index (κ1) is 19.0. The summed E-state index contributed by atoms with van der Waals surface area (Å²) in [4.78, 5) is 12.3. The van der Waals surface area contributed by atoms with Crippen LogP contribution in [0, 0.1) is 0 Å². The summed E-state index contributed by atoms with van der Waals surface area (Å²) in [6.45, 7) is 1.76. The number of halogens is 2. The van der Waals surface area contributed by atoms with E-state index < -0.39 is 0 Å². The van der Waals surface area contributed by atoms with Crippen LogP contribution in [0.15, 0.2) is 70.1 Å². The Balaban J connectivity index is 0.00000105. The second kappa shape index (κ2) is 7.86. The van der Waals surface area contributed by atoms with Crippen LogP contribution in [-0.2, 0) is 0 Å². The molecule has 138 valence electrons. The zero-order valence-electron chi connectivity index (χ0n) is 14.3. The predicted octanol–water partition coefficient (Wildman–Crippen LogP) is 4.68. The molecule has 0 fully saturated rings. The molecule has 27 heavy (non-hydrogen) atoms. The van der Waals surface area contributed by atoms with Gasteiger partial charge in [-0.25, -0.2) is 4.98 Å². The minimum absolute atomic E-state index is 0. The molecule has 3 heterocycles. The lowest BCUT2D eigenvalue weighted by molar-refractivity contribution is 0.593. The molecule has 2 N–H and O–H groups in total. The Morgan fingerprint density at radius 1 is 0.815 bits per heavy atom. The van der Waals surface area contributed by atoms with E-state index in [1.165, 1.54) is 0 Å². The molecule has 0 saturated carbocycles. The van der Waals surface area contributed by atoms with Crippen LogP contribution in [0.3, 0.4) is 0 Å². The fraction of sp³-hybridized carbons (Fsp3) is 0.100.